The van der Waals surface area contributed by atoms with Crippen LogP contribution in [0.25, 0.3) is 0 Å². The van der Waals surface area contributed by atoms with Crippen molar-refractivity contribution in [3.63, 3.8) is 0 Å². The van der Waals surface area contributed by atoms with Gasteiger partial charge in [0, 0.05) is 32.7 Å². The molecule has 2 N–H and O–H groups in total. The normalized spacial score (nSPS) is 18.1. The molecule has 1 aliphatic rings. The van der Waals surface area contributed by atoms with Crippen LogP contribution in [-0.2, 0) is 10.0 Å². The molecule has 0 radical (unpaired) electrons. The van der Waals surface area contributed by atoms with Gasteiger partial charge in [0.15, 0.2) is 5.96 Å². The van der Waals surface area contributed by atoms with Crippen LogP contribution in [-0.4, -0.2) is 69.2 Å². The van der Waals surface area contributed by atoms with Crippen molar-refractivity contribution in [1.29, 1.82) is 0 Å². The molecule has 0 aromatic carbocycles. The van der Waals surface area contributed by atoms with E-state index in [2.05, 4.69) is 21.9 Å². The Labute approximate surface area is 145 Å². The second kappa shape index (κ2) is 11.1. The fraction of sp³-hybridized carbons (Fsp3) is 0.933. The molecule has 6 nitrogen and oxygen atoms in total. The number of sulfonamides is 1. The van der Waals surface area contributed by atoms with Crippen LogP contribution in [0.15, 0.2) is 4.99 Å². The Bertz CT molecular complexity index is 446. The number of nitrogens with one attached hydrogen (secondary N) is 2. The average Bonchev–Trinajstić information content (AvgIpc) is 2.54. The molecule has 23 heavy (non-hydrogen) atoms. The van der Waals surface area contributed by atoms with Crippen molar-refractivity contribution in [1.82, 2.24) is 14.9 Å². The van der Waals surface area contributed by atoms with Gasteiger partial charge in [-0.2, -0.15) is 11.8 Å². The summed E-state index contributed by atoms with van der Waals surface area (Å²) in [5.41, 5.74) is 0. The number of guanidine groups is 1. The molecule has 1 aliphatic heterocycles. The molecule has 0 spiro atoms. The van der Waals surface area contributed by atoms with Crippen LogP contribution in [0.5, 0.6) is 0 Å². The van der Waals surface area contributed by atoms with Crippen molar-refractivity contribution in [2.24, 2.45) is 4.99 Å². The summed E-state index contributed by atoms with van der Waals surface area (Å²) in [6, 6.07) is 0.292. The number of rotatable bonds is 9. The van der Waals surface area contributed by atoms with E-state index in [1.807, 2.05) is 18.7 Å². The lowest BCUT2D eigenvalue weighted by Gasteiger charge is -2.32. The summed E-state index contributed by atoms with van der Waals surface area (Å²) in [5.74, 6) is 2.27. The maximum absolute atomic E-state index is 12.1. The van der Waals surface area contributed by atoms with E-state index >= 15 is 0 Å². The highest BCUT2D eigenvalue weighted by atomic mass is 32.2. The van der Waals surface area contributed by atoms with E-state index in [-0.39, 0.29) is 5.75 Å². The number of nitrogens with zero attached hydrogens (tertiary/aromatic N) is 2. The monoisotopic (exact) mass is 364 g/mol. The predicted octanol–water partition coefficient (Wildman–Crippen LogP) is 1.50. The smallest absolute Gasteiger partial charge is 0.214 e. The van der Waals surface area contributed by atoms with Crippen LogP contribution in [0.4, 0.5) is 0 Å². The van der Waals surface area contributed by atoms with Gasteiger partial charge in [-0.3, -0.25) is 4.99 Å². The zero-order valence-electron chi connectivity index (χ0n) is 14.7. The summed E-state index contributed by atoms with van der Waals surface area (Å²) < 4.78 is 25.8. The van der Waals surface area contributed by atoms with Crippen LogP contribution < -0.4 is 10.6 Å². The molecule has 0 atom stereocenters. The third kappa shape index (κ3) is 7.76. The quantitative estimate of drug-likeness (QED) is 0.368. The summed E-state index contributed by atoms with van der Waals surface area (Å²) >= 11 is 1.87. The van der Waals surface area contributed by atoms with E-state index in [4.69, 9.17) is 0 Å². The molecule has 8 heteroatoms. The molecule has 0 amide bonds. The highest BCUT2D eigenvalue weighted by Crippen LogP contribution is 2.15. The molecule has 0 saturated carbocycles. The first-order valence-electron chi connectivity index (χ1n) is 8.47. The fourth-order valence-electron chi connectivity index (χ4n) is 2.63. The standard InChI is InChI=1S/C15H32N4O2S2/c1-4-13-23(20,21)19-10-7-14(8-11-19)18-15(16-2)17-9-5-6-12-22-3/h14H,4-13H2,1-3H3,(H2,16,17,18). The third-order valence-electron chi connectivity index (χ3n) is 3.94. The summed E-state index contributed by atoms with van der Waals surface area (Å²) in [5, 5.41) is 6.75. The zero-order valence-corrected chi connectivity index (χ0v) is 16.3. The number of thioether (sulfide) groups is 1. The highest BCUT2D eigenvalue weighted by molar-refractivity contribution is 7.98. The second-order valence-corrected chi connectivity index (χ2v) is 8.91. The van der Waals surface area contributed by atoms with Crippen molar-refractivity contribution in [3.05, 3.63) is 0 Å². The molecule has 136 valence electrons. The van der Waals surface area contributed by atoms with E-state index in [9.17, 15) is 8.42 Å². The number of aliphatic imine (C=N–C) groups is 1. The predicted molar refractivity (Wildman–Crippen MR) is 101 cm³/mol. The molecular weight excluding hydrogens is 332 g/mol. The minimum absolute atomic E-state index is 0.254. The minimum Gasteiger partial charge on any atom is -0.356 e. The third-order valence-corrected chi connectivity index (χ3v) is 6.71. The molecule has 0 unspecified atom stereocenters. The van der Waals surface area contributed by atoms with Gasteiger partial charge in [0.05, 0.1) is 5.75 Å². The van der Waals surface area contributed by atoms with Crippen LogP contribution >= 0.6 is 11.8 Å². The van der Waals surface area contributed by atoms with Gasteiger partial charge in [-0.25, -0.2) is 12.7 Å². The van der Waals surface area contributed by atoms with Gasteiger partial charge in [0.25, 0.3) is 0 Å². The Hall–Kier alpha value is -0.470. The molecule has 0 bridgehead atoms. The molecule has 1 saturated heterocycles. The lowest BCUT2D eigenvalue weighted by atomic mass is 10.1. The Kier molecular flexibility index (Phi) is 9.97. The van der Waals surface area contributed by atoms with E-state index in [0.29, 0.717) is 25.6 Å². The van der Waals surface area contributed by atoms with Crippen molar-refractivity contribution in [2.45, 2.75) is 45.1 Å². The van der Waals surface area contributed by atoms with Gasteiger partial charge in [0.1, 0.15) is 0 Å². The van der Waals surface area contributed by atoms with Crippen molar-refractivity contribution >= 4 is 27.7 Å². The van der Waals surface area contributed by atoms with Crippen LogP contribution in [0, 0.1) is 0 Å². The van der Waals surface area contributed by atoms with Gasteiger partial charge < -0.3 is 10.6 Å². The van der Waals surface area contributed by atoms with E-state index in [1.54, 1.807) is 11.4 Å². The number of hydrogen-bond donors (Lipinski definition) is 2. The van der Waals surface area contributed by atoms with Gasteiger partial charge >= 0.3 is 0 Å². The SMILES string of the molecule is CCCS(=O)(=O)N1CCC(NC(=NC)NCCCCSC)CC1. The molecule has 0 aromatic rings. The fourth-order valence-corrected chi connectivity index (χ4v) is 4.67. The van der Waals surface area contributed by atoms with Crippen LogP contribution in [0.1, 0.15) is 39.0 Å². The average molecular weight is 365 g/mol. The Balaban J connectivity index is 2.31. The lowest BCUT2D eigenvalue weighted by Crippen LogP contribution is -2.50. The maximum Gasteiger partial charge on any atom is 0.214 e. The minimum atomic E-state index is -3.06. The number of hydrogen-bond acceptors (Lipinski definition) is 4. The van der Waals surface area contributed by atoms with Gasteiger partial charge in [-0.15, -0.1) is 0 Å². The second-order valence-electron chi connectivity index (χ2n) is 5.83. The molecule has 1 heterocycles. The van der Waals surface area contributed by atoms with Crippen LogP contribution in [0.3, 0.4) is 0 Å². The Morgan fingerprint density at radius 2 is 2.00 bits per heavy atom. The topological polar surface area (TPSA) is 73.8 Å². The number of unbranched alkanes of at least 4 members (excludes halogenated alkanes) is 1. The molecule has 1 fully saturated rings. The van der Waals surface area contributed by atoms with Crippen molar-refractivity contribution < 1.29 is 8.42 Å². The molecule has 0 aliphatic carbocycles. The Morgan fingerprint density at radius 3 is 2.57 bits per heavy atom. The van der Waals surface area contributed by atoms with Gasteiger partial charge in [-0.1, -0.05) is 6.92 Å². The van der Waals surface area contributed by atoms with E-state index in [0.717, 1.165) is 31.8 Å². The summed E-state index contributed by atoms with van der Waals surface area (Å²) in [6.07, 6.45) is 6.80. The van der Waals surface area contributed by atoms with E-state index < -0.39 is 10.0 Å². The molecular formula is C15H32N4O2S2. The summed E-state index contributed by atoms with van der Waals surface area (Å²) in [7, 11) is -1.28. The maximum atomic E-state index is 12.1. The first-order valence-corrected chi connectivity index (χ1v) is 11.5. The molecule has 1 rings (SSSR count). The van der Waals surface area contributed by atoms with Gasteiger partial charge in [0.2, 0.25) is 10.0 Å². The molecule has 0 aromatic heterocycles. The lowest BCUT2D eigenvalue weighted by molar-refractivity contribution is 0.306. The van der Waals surface area contributed by atoms with Crippen molar-refractivity contribution in [2.75, 3.05) is 44.4 Å². The highest BCUT2D eigenvalue weighted by Gasteiger charge is 2.27. The van der Waals surface area contributed by atoms with E-state index in [1.165, 1.54) is 12.2 Å². The van der Waals surface area contributed by atoms with Crippen LogP contribution in [0.2, 0.25) is 0 Å². The first kappa shape index (κ1) is 20.6. The Morgan fingerprint density at radius 1 is 1.30 bits per heavy atom. The summed E-state index contributed by atoms with van der Waals surface area (Å²) in [6.45, 7) is 4.03. The number of piperidine rings is 1. The first-order chi connectivity index (χ1) is 11.0. The van der Waals surface area contributed by atoms with Crippen molar-refractivity contribution in [3.8, 4) is 0 Å². The summed E-state index contributed by atoms with van der Waals surface area (Å²) in [4.78, 5) is 4.25. The zero-order chi connectivity index (χ0) is 17.1. The largest absolute Gasteiger partial charge is 0.356 e. The van der Waals surface area contributed by atoms with Gasteiger partial charge in [-0.05, 0) is 44.1 Å².